The summed E-state index contributed by atoms with van der Waals surface area (Å²) in [5.74, 6) is -0.470. The highest BCUT2D eigenvalue weighted by atomic mass is 16.5. The summed E-state index contributed by atoms with van der Waals surface area (Å²) in [7, 11) is 0. The molecule has 6 atom stereocenters. The first-order chi connectivity index (χ1) is 21.2. The lowest BCUT2D eigenvalue weighted by molar-refractivity contribution is -0.142. The van der Waals surface area contributed by atoms with Crippen molar-refractivity contribution in [1.82, 2.24) is 4.90 Å². The molecule has 0 spiro atoms. The van der Waals surface area contributed by atoms with Crippen LogP contribution in [0, 0.1) is 0 Å². The van der Waals surface area contributed by atoms with Gasteiger partial charge in [0.25, 0.3) is 0 Å². The molecular formula is C32H57N7O5. The first kappa shape index (κ1) is 36.4. The van der Waals surface area contributed by atoms with Gasteiger partial charge in [-0.1, -0.05) is 90.4 Å². The Kier molecular flexibility index (Phi) is 15.5. The third-order valence-electron chi connectivity index (χ3n) is 9.00. The molecule has 0 aromatic carbocycles. The number of rotatable bonds is 23. The Bertz CT molecular complexity index is 1010. The molecule has 3 rings (SSSR count). The lowest BCUT2D eigenvalue weighted by Crippen LogP contribution is -2.62. The predicted molar refractivity (Wildman–Crippen MR) is 173 cm³/mol. The molecule has 0 aromatic heterocycles. The maximum Gasteiger partial charge on any atom is 0.216 e. The fraction of sp³-hybridized carbons (Fsp3) is 0.844. The van der Waals surface area contributed by atoms with Crippen molar-refractivity contribution in [2.45, 2.75) is 159 Å². The van der Waals surface area contributed by atoms with Crippen molar-refractivity contribution in [1.29, 1.82) is 0 Å². The Morgan fingerprint density at radius 1 is 1.02 bits per heavy atom. The van der Waals surface area contributed by atoms with E-state index < -0.39 is 42.0 Å². The van der Waals surface area contributed by atoms with Crippen LogP contribution in [-0.4, -0.2) is 94.0 Å². The molecule has 0 saturated carbocycles. The normalized spacial score (nSPS) is 26.0. The quantitative estimate of drug-likeness (QED) is 0.107. The molecule has 0 aromatic rings. The minimum absolute atomic E-state index is 0.0826. The summed E-state index contributed by atoms with van der Waals surface area (Å²) in [4.78, 5) is 40.5. The topological polar surface area (TPSA) is 202 Å². The van der Waals surface area contributed by atoms with E-state index in [1.807, 2.05) is 0 Å². The van der Waals surface area contributed by atoms with Gasteiger partial charge in [0.1, 0.15) is 37.2 Å². The molecule has 0 aliphatic carbocycles. The Hall–Kier alpha value is -2.09. The fourth-order valence-electron chi connectivity index (χ4n) is 6.21. The van der Waals surface area contributed by atoms with Crippen molar-refractivity contribution in [2.75, 3.05) is 13.2 Å². The second-order valence-electron chi connectivity index (χ2n) is 12.6. The largest absolute Gasteiger partial charge is 0.390 e. The van der Waals surface area contributed by atoms with Gasteiger partial charge >= 0.3 is 0 Å². The van der Waals surface area contributed by atoms with Gasteiger partial charge in [0.2, 0.25) is 5.66 Å². The van der Waals surface area contributed by atoms with Crippen molar-refractivity contribution in [3.63, 3.8) is 0 Å². The molecule has 0 radical (unpaired) electrons. The minimum Gasteiger partial charge on any atom is -0.390 e. The second kappa shape index (κ2) is 18.8. The van der Waals surface area contributed by atoms with Crippen molar-refractivity contribution < 1.29 is 24.5 Å². The average Bonchev–Trinajstić information content (AvgIpc) is 3.63. The number of hydrogen-bond donors (Lipinski definition) is 5. The summed E-state index contributed by atoms with van der Waals surface area (Å²) in [6.07, 6.45) is 15.0. The number of carbonyl (C=O) groups is 2. The molecule has 0 amide bonds. The highest BCUT2D eigenvalue weighted by molar-refractivity contribution is 6.51. The van der Waals surface area contributed by atoms with Gasteiger partial charge < -0.3 is 31.3 Å². The molecule has 12 nitrogen and oxygen atoms in total. The van der Waals surface area contributed by atoms with Crippen LogP contribution in [0.25, 0.3) is 0 Å². The number of amidine groups is 1. The lowest BCUT2D eigenvalue weighted by atomic mass is 9.91. The molecule has 44 heavy (non-hydrogen) atoms. The SMILES string of the molecule is CCCCCCCCCCCCCCCC(=O)C(O)[C@H]1O[C@@H](N2CN=C3C2=NC=NC3(N)C(=O)[C@@H](N)CCCCN)C[C@@H]1O. The predicted octanol–water partition coefficient (Wildman–Crippen LogP) is 2.71. The van der Waals surface area contributed by atoms with Gasteiger partial charge in [0, 0.05) is 12.8 Å². The number of carbonyl (C=O) groups excluding carboxylic acids is 2. The average molecular weight is 620 g/mol. The number of fused-ring (bicyclic) bond motifs is 1. The van der Waals surface area contributed by atoms with Gasteiger partial charge in [-0.2, -0.15) is 0 Å². The maximum atomic E-state index is 13.2. The third kappa shape index (κ3) is 9.95. The molecule has 8 N–H and O–H groups in total. The first-order valence-corrected chi connectivity index (χ1v) is 17.0. The highest BCUT2D eigenvalue weighted by Crippen LogP contribution is 2.31. The number of nitrogens with zero attached hydrogens (tertiary/aromatic N) is 4. The van der Waals surface area contributed by atoms with Crippen molar-refractivity contribution in [2.24, 2.45) is 32.2 Å². The number of hydrogen-bond acceptors (Lipinski definition) is 12. The second-order valence-corrected chi connectivity index (χ2v) is 12.6. The number of ether oxygens (including phenoxy) is 1. The van der Waals surface area contributed by atoms with Crippen molar-refractivity contribution in [3.8, 4) is 0 Å². The minimum atomic E-state index is -1.77. The van der Waals surface area contributed by atoms with Gasteiger partial charge in [0.05, 0.1) is 12.1 Å². The molecule has 1 fully saturated rings. The highest BCUT2D eigenvalue weighted by Gasteiger charge is 2.51. The molecule has 1 saturated heterocycles. The van der Waals surface area contributed by atoms with Gasteiger partial charge in [-0.3, -0.25) is 20.3 Å². The molecule has 0 bridgehead atoms. The fourth-order valence-corrected chi connectivity index (χ4v) is 6.21. The summed E-state index contributed by atoms with van der Waals surface area (Å²) < 4.78 is 5.99. The molecule has 3 heterocycles. The standard InChI is InChI=1S/C32H57N7O5/c1-2-3-4-5-6-7-8-9-10-11-12-13-14-18-24(40)27(42)28-25(41)20-26(44-28)39-22-37-29-31(39)36-21-38-32(29,35)30(43)23(34)17-15-16-19-33/h21,23,25-28,41-42H,2-20,22,33-35H2,1H3/t23-,25-,26+,27?,28-,32?/m0/s1. The van der Waals surface area contributed by atoms with Gasteiger partial charge in [-0.25, -0.2) is 9.98 Å². The number of aliphatic imine (C=N–C) groups is 3. The van der Waals surface area contributed by atoms with Gasteiger partial charge in [-0.15, -0.1) is 0 Å². The van der Waals surface area contributed by atoms with Crippen LogP contribution in [-0.2, 0) is 14.3 Å². The van der Waals surface area contributed by atoms with Crippen LogP contribution in [0.1, 0.15) is 122 Å². The number of nitrogens with two attached hydrogens (primary N) is 3. The smallest absolute Gasteiger partial charge is 0.216 e. The van der Waals surface area contributed by atoms with Crippen LogP contribution >= 0.6 is 0 Å². The maximum absolute atomic E-state index is 13.2. The number of ketones is 2. The Balaban J connectivity index is 1.38. The van der Waals surface area contributed by atoms with E-state index in [1.165, 1.54) is 70.5 Å². The van der Waals surface area contributed by atoms with Crippen molar-refractivity contribution in [3.05, 3.63) is 0 Å². The summed E-state index contributed by atoms with van der Waals surface area (Å²) >= 11 is 0. The van der Waals surface area contributed by atoms with Crippen molar-refractivity contribution >= 4 is 29.5 Å². The molecule has 3 aliphatic heterocycles. The van der Waals surface area contributed by atoms with Gasteiger partial charge in [-0.05, 0) is 25.8 Å². The van der Waals surface area contributed by atoms with Crippen LogP contribution in [0.3, 0.4) is 0 Å². The van der Waals surface area contributed by atoms with Crippen LogP contribution < -0.4 is 17.2 Å². The van der Waals surface area contributed by atoms with Crippen LogP contribution in [0.5, 0.6) is 0 Å². The molecule has 3 aliphatic rings. The van der Waals surface area contributed by atoms with E-state index >= 15 is 0 Å². The summed E-state index contributed by atoms with van der Waals surface area (Å²) in [6.45, 7) is 2.84. The van der Waals surface area contributed by atoms with E-state index in [4.69, 9.17) is 21.9 Å². The first-order valence-electron chi connectivity index (χ1n) is 17.0. The zero-order valence-electron chi connectivity index (χ0n) is 26.7. The summed E-state index contributed by atoms with van der Waals surface area (Å²) in [5, 5.41) is 21.5. The van der Waals surface area contributed by atoms with E-state index in [1.54, 1.807) is 4.90 Å². The summed E-state index contributed by atoms with van der Waals surface area (Å²) in [6, 6.07) is -0.829. The van der Waals surface area contributed by atoms with Crippen LogP contribution in [0.4, 0.5) is 0 Å². The van der Waals surface area contributed by atoms with E-state index in [0.717, 1.165) is 19.3 Å². The molecule has 250 valence electrons. The zero-order valence-corrected chi connectivity index (χ0v) is 26.7. The van der Waals surface area contributed by atoms with Crippen LogP contribution in [0.15, 0.2) is 15.0 Å². The number of aliphatic hydroxyl groups excluding tert-OH is 2. The molecule has 2 unspecified atom stereocenters. The van der Waals surface area contributed by atoms with E-state index in [9.17, 15) is 19.8 Å². The van der Waals surface area contributed by atoms with E-state index in [2.05, 4.69) is 21.9 Å². The monoisotopic (exact) mass is 619 g/mol. The Morgan fingerprint density at radius 2 is 1.64 bits per heavy atom. The number of Topliss-reactive ketones (excluding diaryl/α,β-unsaturated/α-hetero) is 2. The molecule has 12 heteroatoms. The number of unbranched alkanes of at least 4 members (excludes halogenated alkanes) is 13. The lowest BCUT2D eigenvalue weighted by Gasteiger charge is -2.32. The van der Waals surface area contributed by atoms with E-state index in [0.29, 0.717) is 31.6 Å². The summed E-state index contributed by atoms with van der Waals surface area (Å²) in [5.41, 5.74) is 16.6. The third-order valence-corrected chi connectivity index (χ3v) is 9.00. The zero-order chi connectivity index (χ0) is 32.0. The Labute approximate surface area is 263 Å². The van der Waals surface area contributed by atoms with E-state index in [-0.39, 0.29) is 31.0 Å². The molecular weight excluding hydrogens is 562 g/mol. The Morgan fingerprint density at radius 3 is 2.25 bits per heavy atom. The number of aliphatic hydroxyl groups is 2. The van der Waals surface area contributed by atoms with Gasteiger partial charge in [0.15, 0.2) is 17.4 Å². The van der Waals surface area contributed by atoms with Crippen LogP contribution in [0.2, 0.25) is 0 Å².